The van der Waals surface area contributed by atoms with Crippen LogP contribution in [0.25, 0.3) is 0 Å². The highest BCUT2D eigenvalue weighted by Gasteiger charge is 2.42. The molecule has 0 saturated heterocycles. The first-order valence-electron chi connectivity index (χ1n) is 9.65. The summed E-state index contributed by atoms with van der Waals surface area (Å²) in [4.78, 5) is 26.5. The van der Waals surface area contributed by atoms with Crippen LogP contribution in [-0.4, -0.2) is 49.4 Å². The van der Waals surface area contributed by atoms with Gasteiger partial charge in [0.2, 0.25) is 10.0 Å². The fourth-order valence-electron chi connectivity index (χ4n) is 3.61. The first kappa shape index (κ1) is 21.6. The number of carboxylic acids is 1. The maximum atomic E-state index is 13.5. The molecule has 2 aromatic carbocycles. The molecule has 0 spiro atoms. The van der Waals surface area contributed by atoms with Gasteiger partial charge in [-0.1, -0.05) is 18.2 Å². The van der Waals surface area contributed by atoms with Crippen LogP contribution >= 0.6 is 0 Å². The van der Waals surface area contributed by atoms with Crippen LogP contribution in [0.15, 0.2) is 76.2 Å². The number of carboxylic acid groups (broad SMARTS) is 1. The number of hydrogen-bond acceptors (Lipinski definition) is 6. The molecule has 0 bridgehead atoms. The van der Waals surface area contributed by atoms with E-state index >= 15 is 0 Å². The summed E-state index contributed by atoms with van der Waals surface area (Å²) in [7, 11) is -2.76. The summed E-state index contributed by atoms with van der Waals surface area (Å²) >= 11 is 0. The van der Waals surface area contributed by atoms with Gasteiger partial charge in [0, 0.05) is 12.2 Å². The molecule has 9 nitrogen and oxygen atoms in total. The summed E-state index contributed by atoms with van der Waals surface area (Å²) in [6.45, 7) is -0.606. The molecule has 166 valence electrons. The van der Waals surface area contributed by atoms with E-state index in [1.54, 1.807) is 30.3 Å². The summed E-state index contributed by atoms with van der Waals surface area (Å²) in [5, 5.41) is 9.95. The van der Waals surface area contributed by atoms with Gasteiger partial charge in [0.05, 0.1) is 24.8 Å². The van der Waals surface area contributed by atoms with Crippen LogP contribution < -0.4 is 9.64 Å². The smallest absolute Gasteiger partial charge is 0.323 e. The second-order valence-electron chi connectivity index (χ2n) is 7.10. The first-order chi connectivity index (χ1) is 15.3. The summed E-state index contributed by atoms with van der Waals surface area (Å²) in [6, 6.07) is 13.9. The van der Waals surface area contributed by atoms with Gasteiger partial charge < -0.3 is 19.2 Å². The van der Waals surface area contributed by atoms with E-state index in [4.69, 9.17) is 9.15 Å². The maximum Gasteiger partial charge on any atom is 0.323 e. The van der Waals surface area contributed by atoms with Crippen LogP contribution in [-0.2, 0) is 21.4 Å². The maximum absolute atomic E-state index is 13.5. The Hall–Kier alpha value is -3.63. The molecule has 1 atom stereocenters. The van der Waals surface area contributed by atoms with E-state index in [1.807, 2.05) is 0 Å². The van der Waals surface area contributed by atoms with E-state index in [9.17, 15) is 23.1 Å². The minimum absolute atomic E-state index is 0.0235. The molecule has 1 aliphatic rings. The van der Waals surface area contributed by atoms with Gasteiger partial charge in [-0.3, -0.25) is 9.59 Å². The zero-order valence-corrected chi connectivity index (χ0v) is 17.9. The summed E-state index contributed by atoms with van der Waals surface area (Å²) in [5.74, 6) is -1.44. The van der Waals surface area contributed by atoms with Crippen molar-refractivity contribution in [1.82, 2.24) is 4.31 Å². The Morgan fingerprint density at radius 2 is 1.78 bits per heavy atom. The number of amides is 1. The largest absolute Gasteiger partial charge is 0.497 e. The third kappa shape index (κ3) is 3.85. The molecule has 1 unspecified atom stereocenters. The highest BCUT2D eigenvalue weighted by molar-refractivity contribution is 7.89. The van der Waals surface area contributed by atoms with Crippen molar-refractivity contribution in [2.75, 3.05) is 18.6 Å². The van der Waals surface area contributed by atoms with Crippen molar-refractivity contribution in [3.05, 3.63) is 78.3 Å². The molecule has 1 amide bonds. The van der Waals surface area contributed by atoms with Crippen LogP contribution in [0.3, 0.4) is 0 Å². The van der Waals surface area contributed by atoms with E-state index in [2.05, 4.69) is 0 Å². The Morgan fingerprint density at radius 3 is 2.41 bits per heavy atom. The molecule has 32 heavy (non-hydrogen) atoms. The van der Waals surface area contributed by atoms with Crippen molar-refractivity contribution in [2.45, 2.75) is 17.5 Å². The second kappa shape index (κ2) is 8.48. The van der Waals surface area contributed by atoms with Gasteiger partial charge in [0.1, 0.15) is 11.8 Å². The number of carbonyl (C=O) groups is 2. The van der Waals surface area contributed by atoms with Crippen molar-refractivity contribution < 1.29 is 32.3 Å². The number of sulfonamides is 1. The predicted molar refractivity (Wildman–Crippen MR) is 114 cm³/mol. The predicted octanol–water partition coefficient (Wildman–Crippen LogP) is 2.59. The number of anilines is 1. The van der Waals surface area contributed by atoms with Crippen LogP contribution in [0.2, 0.25) is 0 Å². The van der Waals surface area contributed by atoms with Crippen LogP contribution in [0.1, 0.15) is 16.1 Å². The number of aliphatic carboxylic acids is 1. The first-order valence-corrected chi connectivity index (χ1v) is 11.1. The molecular formula is C22H20N2O7S. The van der Waals surface area contributed by atoms with Gasteiger partial charge in [-0.15, -0.1) is 0 Å². The molecule has 1 aromatic heterocycles. The molecular weight excluding hydrogens is 436 g/mol. The van der Waals surface area contributed by atoms with Crippen molar-refractivity contribution in [2.24, 2.45) is 0 Å². The Labute approximate surface area is 184 Å². The van der Waals surface area contributed by atoms with Crippen LogP contribution in [0.5, 0.6) is 5.75 Å². The Morgan fingerprint density at radius 1 is 1.06 bits per heavy atom. The number of ether oxygens (including phenoxy) is 1. The number of hydrogen-bond donors (Lipinski definition) is 1. The molecule has 10 heteroatoms. The lowest BCUT2D eigenvalue weighted by Crippen LogP contribution is -2.50. The van der Waals surface area contributed by atoms with Crippen molar-refractivity contribution in [3.8, 4) is 5.75 Å². The van der Waals surface area contributed by atoms with Crippen molar-refractivity contribution >= 4 is 27.6 Å². The number of fused-ring (bicyclic) bond motifs is 1. The minimum Gasteiger partial charge on any atom is -0.497 e. The third-order valence-electron chi connectivity index (χ3n) is 5.24. The van der Waals surface area contributed by atoms with Gasteiger partial charge in [-0.25, -0.2) is 8.42 Å². The number of rotatable bonds is 5. The molecule has 0 saturated carbocycles. The zero-order chi connectivity index (χ0) is 22.9. The Bertz CT molecular complexity index is 1240. The monoisotopic (exact) mass is 456 g/mol. The van der Waals surface area contributed by atoms with Gasteiger partial charge in [0.15, 0.2) is 5.76 Å². The van der Waals surface area contributed by atoms with Gasteiger partial charge in [-0.05, 0) is 48.0 Å². The van der Waals surface area contributed by atoms with Crippen molar-refractivity contribution in [1.29, 1.82) is 0 Å². The van der Waals surface area contributed by atoms with Gasteiger partial charge in [0.25, 0.3) is 5.91 Å². The van der Waals surface area contributed by atoms with Crippen molar-refractivity contribution in [3.63, 3.8) is 0 Å². The highest BCUT2D eigenvalue weighted by Crippen LogP contribution is 2.32. The lowest BCUT2D eigenvalue weighted by molar-refractivity contribution is -0.141. The van der Waals surface area contributed by atoms with E-state index in [0.717, 1.165) is 4.31 Å². The number of carbonyl (C=O) groups excluding carboxylic acids is 1. The zero-order valence-electron chi connectivity index (χ0n) is 17.0. The standard InChI is InChI=1S/C22H20N2O7S/c1-30-16-8-10-17(11-9-16)32(28,29)24-13-15-5-2-3-6-18(15)23(14-19(24)22(26)27)21(25)20-7-4-12-31-20/h2-12,19H,13-14H2,1H3,(H,26,27). The molecule has 0 aliphatic carbocycles. The van der Waals surface area contributed by atoms with Gasteiger partial charge in [-0.2, -0.15) is 4.31 Å². The average Bonchev–Trinajstić information content (AvgIpc) is 3.27. The van der Waals surface area contributed by atoms with Crippen LogP contribution in [0, 0.1) is 0 Å². The Balaban J connectivity index is 1.81. The minimum atomic E-state index is -4.21. The molecule has 1 aliphatic heterocycles. The average molecular weight is 456 g/mol. The van der Waals surface area contributed by atoms with E-state index in [1.165, 1.54) is 48.6 Å². The summed E-state index contributed by atoms with van der Waals surface area (Å²) in [6.07, 6.45) is 1.34. The van der Waals surface area contributed by atoms with Gasteiger partial charge >= 0.3 is 5.97 Å². The van der Waals surface area contributed by atoms with E-state index in [0.29, 0.717) is 17.0 Å². The molecule has 2 heterocycles. The van der Waals surface area contributed by atoms with E-state index < -0.39 is 27.9 Å². The number of methoxy groups -OCH3 is 1. The van der Waals surface area contributed by atoms with E-state index in [-0.39, 0.29) is 23.7 Å². The summed E-state index contributed by atoms with van der Waals surface area (Å²) < 4.78 is 38.1. The number of para-hydroxylation sites is 1. The summed E-state index contributed by atoms with van der Waals surface area (Å²) in [5.41, 5.74) is 0.917. The number of furan rings is 1. The normalized spacial score (nSPS) is 16.8. The lowest BCUT2D eigenvalue weighted by atomic mass is 10.1. The highest BCUT2D eigenvalue weighted by atomic mass is 32.2. The molecule has 0 fully saturated rings. The Kier molecular flexibility index (Phi) is 5.72. The molecule has 0 radical (unpaired) electrons. The number of benzene rings is 2. The fraction of sp³-hybridized carbons (Fsp3) is 0.182. The second-order valence-corrected chi connectivity index (χ2v) is 8.99. The third-order valence-corrected chi connectivity index (χ3v) is 7.11. The molecule has 4 rings (SSSR count). The fourth-order valence-corrected chi connectivity index (χ4v) is 5.16. The molecule has 3 aromatic rings. The van der Waals surface area contributed by atoms with Crippen LogP contribution in [0.4, 0.5) is 5.69 Å². The lowest BCUT2D eigenvalue weighted by Gasteiger charge is -2.28. The quantitative estimate of drug-likeness (QED) is 0.627. The number of nitrogens with zero attached hydrogens (tertiary/aromatic N) is 2. The SMILES string of the molecule is COc1ccc(S(=O)(=O)N2Cc3ccccc3N(C(=O)c3ccco3)CC2C(=O)O)cc1. The topological polar surface area (TPSA) is 117 Å². The molecule has 1 N–H and O–H groups in total.